The van der Waals surface area contributed by atoms with Crippen molar-refractivity contribution < 1.29 is 24.3 Å². The van der Waals surface area contributed by atoms with Crippen molar-refractivity contribution >= 4 is 17.3 Å². The topological polar surface area (TPSA) is 111 Å². The van der Waals surface area contributed by atoms with Crippen molar-refractivity contribution in [2.75, 3.05) is 19.5 Å². The lowest BCUT2D eigenvalue weighted by Gasteiger charge is -2.15. The third kappa shape index (κ3) is 4.93. The maximum atomic E-state index is 12.0. The van der Waals surface area contributed by atoms with Crippen LogP contribution in [0.4, 0.5) is 11.4 Å². The van der Waals surface area contributed by atoms with Gasteiger partial charge >= 0.3 is 0 Å². The molecule has 2 aromatic rings. The molecule has 138 valence electrons. The number of aliphatic hydroxyl groups is 1. The summed E-state index contributed by atoms with van der Waals surface area (Å²) in [6, 6.07) is 10.7. The summed E-state index contributed by atoms with van der Waals surface area (Å²) < 4.78 is 10.4. The Morgan fingerprint density at radius 1 is 1.23 bits per heavy atom. The zero-order valence-corrected chi connectivity index (χ0v) is 14.5. The monoisotopic (exact) mass is 360 g/mol. The van der Waals surface area contributed by atoms with Crippen molar-refractivity contribution in [3.05, 3.63) is 58.1 Å². The largest absolute Gasteiger partial charge is 0.497 e. The third-order valence-electron chi connectivity index (χ3n) is 3.79. The number of methoxy groups -OCH3 is 2. The predicted molar refractivity (Wildman–Crippen MR) is 95.5 cm³/mol. The van der Waals surface area contributed by atoms with E-state index in [2.05, 4.69) is 5.32 Å². The van der Waals surface area contributed by atoms with E-state index in [-0.39, 0.29) is 24.4 Å². The van der Waals surface area contributed by atoms with Crippen LogP contribution in [-0.2, 0) is 4.79 Å². The fourth-order valence-electron chi connectivity index (χ4n) is 2.44. The molecule has 0 aliphatic rings. The van der Waals surface area contributed by atoms with E-state index in [0.717, 1.165) is 0 Å². The van der Waals surface area contributed by atoms with Gasteiger partial charge in [-0.1, -0.05) is 6.07 Å². The number of hydrogen-bond donors (Lipinski definition) is 2. The SMILES string of the molecule is COc1ccc(C(O)CCC(=O)Nc2cccc([N+](=O)[O-])c2)c(OC)c1. The van der Waals surface area contributed by atoms with Crippen LogP contribution in [0.15, 0.2) is 42.5 Å². The van der Waals surface area contributed by atoms with Crippen LogP contribution in [0.1, 0.15) is 24.5 Å². The number of ether oxygens (including phenoxy) is 2. The number of aliphatic hydroxyl groups excluding tert-OH is 1. The highest BCUT2D eigenvalue weighted by atomic mass is 16.6. The Kier molecular flexibility index (Phi) is 6.51. The first-order chi connectivity index (χ1) is 12.4. The van der Waals surface area contributed by atoms with E-state index < -0.39 is 11.0 Å². The minimum Gasteiger partial charge on any atom is -0.497 e. The number of carbonyl (C=O) groups is 1. The van der Waals surface area contributed by atoms with Crippen LogP contribution >= 0.6 is 0 Å². The number of nitro groups is 1. The molecule has 1 amide bonds. The molecule has 0 aliphatic heterocycles. The summed E-state index contributed by atoms with van der Waals surface area (Å²) in [5.41, 5.74) is 0.781. The lowest BCUT2D eigenvalue weighted by atomic mass is 10.0. The molecule has 0 bridgehead atoms. The number of benzene rings is 2. The highest BCUT2D eigenvalue weighted by Gasteiger charge is 2.16. The number of non-ortho nitro benzene ring substituents is 1. The van der Waals surface area contributed by atoms with Gasteiger partial charge in [0.1, 0.15) is 11.5 Å². The first-order valence-corrected chi connectivity index (χ1v) is 7.89. The molecule has 0 fully saturated rings. The summed E-state index contributed by atoms with van der Waals surface area (Å²) in [7, 11) is 3.02. The van der Waals surface area contributed by atoms with Crippen molar-refractivity contribution in [3.8, 4) is 11.5 Å². The van der Waals surface area contributed by atoms with Gasteiger partial charge in [0.25, 0.3) is 5.69 Å². The van der Waals surface area contributed by atoms with E-state index in [4.69, 9.17) is 9.47 Å². The molecular formula is C18H20N2O6. The molecule has 26 heavy (non-hydrogen) atoms. The van der Waals surface area contributed by atoms with E-state index in [0.29, 0.717) is 22.7 Å². The van der Waals surface area contributed by atoms with Gasteiger partial charge in [0, 0.05) is 35.9 Å². The van der Waals surface area contributed by atoms with Gasteiger partial charge in [-0.25, -0.2) is 0 Å². The normalized spacial score (nSPS) is 11.5. The minimum absolute atomic E-state index is 0.0407. The molecular weight excluding hydrogens is 340 g/mol. The van der Waals surface area contributed by atoms with Crippen molar-refractivity contribution in [3.63, 3.8) is 0 Å². The van der Waals surface area contributed by atoms with Gasteiger partial charge in [-0.2, -0.15) is 0 Å². The number of hydrogen-bond acceptors (Lipinski definition) is 6. The molecule has 0 heterocycles. The third-order valence-corrected chi connectivity index (χ3v) is 3.79. The van der Waals surface area contributed by atoms with Crippen LogP contribution in [0.25, 0.3) is 0 Å². The van der Waals surface area contributed by atoms with Gasteiger partial charge < -0.3 is 19.9 Å². The molecule has 0 radical (unpaired) electrons. The maximum Gasteiger partial charge on any atom is 0.271 e. The predicted octanol–water partition coefficient (Wildman–Crippen LogP) is 3.06. The molecule has 1 atom stereocenters. The number of anilines is 1. The standard InChI is InChI=1S/C18H20N2O6/c1-25-14-6-7-15(17(11-14)26-2)16(21)8-9-18(22)19-12-4-3-5-13(10-12)20(23)24/h3-7,10-11,16,21H,8-9H2,1-2H3,(H,19,22). The Morgan fingerprint density at radius 2 is 2.00 bits per heavy atom. The molecule has 0 aromatic heterocycles. The van der Waals surface area contributed by atoms with Crippen molar-refractivity contribution in [2.24, 2.45) is 0 Å². The first kappa shape index (κ1) is 19.2. The Bertz CT molecular complexity index is 793. The molecule has 0 saturated heterocycles. The molecule has 2 N–H and O–H groups in total. The number of nitrogens with one attached hydrogen (secondary N) is 1. The van der Waals surface area contributed by atoms with Gasteiger partial charge in [0.2, 0.25) is 5.91 Å². The summed E-state index contributed by atoms with van der Waals surface area (Å²) in [6.07, 6.45) is -0.686. The summed E-state index contributed by atoms with van der Waals surface area (Å²) in [5, 5.41) is 23.7. The average Bonchev–Trinajstić information content (AvgIpc) is 2.65. The second-order valence-electron chi connectivity index (χ2n) is 5.52. The minimum atomic E-state index is -0.897. The first-order valence-electron chi connectivity index (χ1n) is 7.89. The average molecular weight is 360 g/mol. The molecule has 0 spiro atoms. The summed E-state index contributed by atoms with van der Waals surface area (Å²) in [5.74, 6) is 0.717. The Morgan fingerprint density at radius 3 is 2.65 bits per heavy atom. The van der Waals surface area contributed by atoms with Gasteiger partial charge in [0.05, 0.1) is 25.2 Å². The summed E-state index contributed by atoms with van der Waals surface area (Å²) in [6.45, 7) is 0. The van der Waals surface area contributed by atoms with Crippen LogP contribution in [0.3, 0.4) is 0 Å². The van der Waals surface area contributed by atoms with Crippen molar-refractivity contribution in [2.45, 2.75) is 18.9 Å². The Balaban J connectivity index is 1.96. The van der Waals surface area contributed by atoms with Crippen LogP contribution < -0.4 is 14.8 Å². The Labute approximate surface area is 150 Å². The molecule has 1 unspecified atom stereocenters. The lowest BCUT2D eigenvalue weighted by Crippen LogP contribution is -2.13. The zero-order chi connectivity index (χ0) is 19.1. The Hall–Kier alpha value is -3.13. The second kappa shape index (κ2) is 8.82. The maximum absolute atomic E-state index is 12.0. The summed E-state index contributed by atoms with van der Waals surface area (Å²) in [4.78, 5) is 22.3. The fourth-order valence-corrected chi connectivity index (χ4v) is 2.44. The van der Waals surface area contributed by atoms with E-state index in [9.17, 15) is 20.0 Å². The smallest absolute Gasteiger partial charge is 0.271 e. The molecule has 2 rings (SSSR count). The van der Waals surface area contributed by atoms with Crippen molar-refractivity contribution in [1.29, 1.82) is 0 Å². The van der Waals surface area contributed by atoms with E-state index in [1.165, 1.54) is 32.4 Å². The van der Waals surface area contributed by atoms with Crippen molar-refractivity contribution in [1.82, 2.24) is 0 Å². The number of nitro benzene ring substituents is 1. The highest BCUT2D eigenvalue weighted by Crippen LogP contribution is 2.31. The summed E-state index contributed by atoms with van der Waals surface area (Å²) >= 11 is 0. The zero-order valence-electron chi connectivity index (χ0n) is 14.5. The van der Waals surface area contributed by atoms with Crippen LogP contribution in [-0.4, -0.2) is 30.2 Å². The second-order valence-corrected chi connectivity index (χ2v) is 5.52. The molecule has 2 aromatic carbocycles. The fraction of sp³-hybridized carbons (Fsp3) is 0.278. The number of nitrogens with zero attached hydrogens (tertiary/aromatic N) is 1. The molecule has 8 heteroatoms. The number of amides is 1. The van der Waals surface area contributed by atoms with Crippen LogP contribution in [0, 0.1) is 10.1 Å². The van der Waals surface area contributed by atoms with E-state index in [1.807, 2.05) is 0 Å². The van der Waals surface area contributed by atoms with Crippen LogP contribution in [0.2, 0.25) is 0 Å². The van der Waals surface area contributed by atoms with Gasteiger partial charge in [-0.05, 0) is 24.6 Å². The number of carbonyl (C=O) groups excluding carboxylic acids is 1. The van der Waals surface area contributed by atoms with Gasteiger partial charge in [0.15, 0.2) is 0 Å². The van der Waals surface area contributed by atoms with E-state index >= 15 is 0 Å². The molecule has 0 aliphatic carbocycles. The molecule has 0 saturated carbocycles. The highest BCUT2D eigenvalue weighted by molar-refractivity contribution is 5.91. The van der Waals surface area contributed by atoms with Gasteiger partial charge in [-0.3, -0.25) is 14.9 Å². The lowest BCUT2D eigenvalue weighted by molar-refractivity contribution is -0.384. The molecule has 8 nitrogen and oxygen atoms in total. The quantitative estimate of drug-likeness (QED) is 0.553. The number of rotatable bonds is 8. The van der Waals surface area contributed by atoms with Crippen LogP contribution in [0.5, 0.6) is 11.5 Å². The van der Waals surface area contributed by atoms with E-state index in [1.54, 1.807) is 24.3 Å². The van der Waals surface area contributed by atoms with Gasteiger partial charge in [-0.15, -0.1) is 0 Å².